The van der Waals surface area contributed by atoms with Gasteiger partial charge in [0.2, 0.25) is 5.88 Å². The molecule has 2 aromatic rings. The van der Waals surface area contributed by atoms with Crippen LogP contribution in [-0.2, 0) is 0 Å². The Hall–Kier alpha value is -2.14. The zero-order valence-corrected chi connectivity index (χ0v) is 12.8. The molecule has 0 aliphatic carbocycles. The van der Waals surface area contributed by atoms with Crippen molar-refractivity contribution in [2.75, 3.05) is 26.8 Å². The molecule has 1 N–H and O–H groups in total. The van der Waals surface area contributed by atoms with Gasteiger partial charge in [0.05, 0.1) is 31.8 Å². The van der Waals surface area contributed by atoms with Gasteiger partial charge in [0, 0.05) is 5.56 Å². The molecule has 1 aliphatic heterocycles. The van der Waals surface area contributed by atoms with Crippen molar-refractivity contribution in [3.63, 3.8) is 0 Å². The molecule has 1 fully saturated rings. The Labute approximate surface area is 130 Å². The highest BCUT2D eigenvalue weighted by molar-refractivity contribution is 5.60. The first kappa shape index (κ1) is 14.8. The van der Waals surface area contributed by atoms with Crippen LogP contribution in [0.1, 0.15) is 12.8 Å². The molecule has 1 aromatic carbocycles. The average molecular weight is 299 g/mol. The molecule has 0 amide bonds. The Balaban J connectivity index is 1.68. The van der Waals surface area contributed by atoms with E-state index in [4.69, 9.17) is 9.47 Å². The molecule has 0 unspecified atom stereocenters. The lowest BCUT2D eigenvalue weighted by Crippen LogP contribution is -2.30. The molecule has 0 saturated carbocycles. The largest absolute Gasteiger partial charge is 0.497 e. The summed E-state index contributed by atoms with van der Waals surface area (Å²) in [7, 11) is 1.66. The van der Waals surface area contributed by atoms with Crippen LogP contribution in [0.3, 0.4) is 0 Å². The van der Waals surface area contributed by atoms with Crippen LogP contribution < -0.4 is 14.8 Å². The van der Waals surface area contributed by atoms with Crippen molar-refractivity contribution in [2.24, 2.45) is 5.92 Å². The Morgan fingerprint density at radius 1 is 1.23 bits per heavy atom. The van der Waals surface area contributed by atoms with E-state index < -0.39 is 0 Å². The molecule has 116 valence electrons. The number of ether oxygens (including phenoxy) is 2. The van der Waals surface area contributed by atoms with E-state index in [9.17, 15) is 0 Å². The monoisotopic (exact) mass is 299 g/mol. The van der Waals surface area contributed by atoms with Gasteiger partial charge >= 0.3 is 0 Å². The smallest absolute Gasteiger partial charge is 0.232 e. The van der Waals surface area contributed by atoms with Crippen molar-refractivity contribution in [3.8, 4) is 22.9 Å². The molecule has 0 spiro atoms. The molecule has 22 heavy (non-hydrogen) atoms. The number of piperidine rings is 1. The van der Waals surface area contributed by atoms with Gasteiger partial charge in [0.15, 0.2) is 0 Å². The van der Waals surface area contributed by atoms with Gasteiger partial charge in [-0.1, -0.05) is 12.1 Å². The maximum absolute atomic E-state index is 5.83. The van der Waals surface area contributed by atoms with Crippen LogP contribution in [0.2, 0.25) is 0 Å². The summed E-state index contributed by atoms with van der Waals surface area (Å²) in [5.41, 5.74) is 1.76. The van der Waals surface area contributed by atoms with Crippen LogP contribution >= 0.6 is 0 Å². The molecular formula is C17H21N3O2. The Kier molecular flexibility index (Phi) is 4.85. The molecular weight excluding hydrogens is 278 g/mol. The van der Waals surface area contributed by atoms with Gasteiger partial charge < -0.3 is 14.8 Å². The summed E-state index contributed by atoms with van der Waals surface area (Å²) in [6.07, 6.45) is 5.73. The zero-order valence-electron chi connectivity index (χ0n) is 12.8. The van der Waals surface area contributed by atoms with Gasteiger partial charge in [-0.2, -0.15) is 0 Å². The van der Waals surface area contributed by atoms with Crippen LogP contribution in [0.15, 0.2) is 36.7 Å². The Morgan fingerprint density at radius 2 is 2.09 bits per heavy atom. The van der Waals surface area contributed by atoms with Crippen molar-refractivity contribution in [2.45, 2.75) is 12.8 Å². The molecule has 5 heteroatoms. The molecule has 5 nitrogen and oxygen atoms in total. The molecule has 3 rings (SSSR count). The summed E-state index contributed by atoms with van der Waals surface area (Å²) in [5.74, 6) is 1.99. The fourth-order valence-electron chi connectivity index (χ4n) is 2.59. The number of nitrogens with one attached hydrogen (secondary N) is 1. The molecule has 2 heterocycles. The predicted molar refractivity (Wildman–Crippen MR) is 85.1 cm³/mol. The second-order valence-corrected chi connectivity index (χ2v) is 5.48. The Bertz CT molecular complexity index is 612. The van der Waals surface area contributed by atoms with E-state index in [1.54, 1.807) is 19.5 Å². The molecule has 1 aromatic heterocycles. The van der Waals surface area contributed by atoms with Gasteiger partial charge in [-0.25, -0.2) is 4.98 Å². The summed E-state index contributed by atoms with van der Waals surface area (Å²) >= 11 is 0. The summed E-state index contributed by atoms with van der Waals surface area (Å²) < 4.78 is 11.1. The standard InChI is InChI=1S/C17H21N3O2/c1-21-15-4-2-3-14(9-15)16-10-19-11-17(20-16)22-12-13-5-7-18-8-6-13/h2-4,9-11,13,18H,5-8,12H2,1H3. The SMILES string of the molecule is COc1cccc(-c2cncc(OCC3CCNCC3)n2)c1. The van der Waals surface area contributed by atoms with Crippen LogP contribution in [0.4, 0.5) is 0 Å². The third kappa shape index (κ3) is 3.74. The van der Waals surface area contributed by atoms with Crippen LogP contribution in [0.5, 0.6) is 11.6 Å². The van der Waals surface area contributed by atoms with E-state index in [-0.39, 0.29) is 0 Å². The predicted octanol–water partition coefficient (Wildman–Crippen LogP) is 2.53. The Morgan fingerprint density at radius 3 is 2.91 bits per heavy atom. The van der Waals surface area contributed by atoms with Crippen molar-refractivity contribution < 1.29 is 9.47 Å². The quantitative estimate of drug-likeness (QED) is 0.919. The molecule has 0 radical (unpaired) electrons. The van der Waals surface area contributed by atoms with Crippen molar-refractivity contribution >= 4 is 0 Å². The summed E-state index contributed by atoms with van der Waals surface area (Å²) in [6.45, 7) is 2.85. The first-order valence-electron chi connectivity index (χ1n) is 7.65. The number of rotatable bonds is 5. The number of nitrogens with zero attached hydrogens (tertiary/aromatic N) is 2. The average Bonchev–Trinajstić information content (AvgIpc) is 2.61. The van der Waals surface area contributed by atoms with Gasteiger partial charge in [-0.05, 0) is 44.0 Å². The van der Waals surface area contributed by atoms with Gasteiger partial charge in [-0.3, -0.25) is 4.98 Å². The van der Waals surface area contributed by atoms with Crippen molar-refractivity contribution in [1.82, 2.24) is 15.3 Å². The van der Waals surface area contributed by atoms with Crippen molar-refractivity contribution in [3.05, 3.63) is 36.7 Å². The van der Waals surface area contributed by atoms with E-state index in [1.165, 1.54) is 0 Å². The highest BCUT2D eigenvalue weighted by Gasteiger charge is 2.14. The fourth-order valence-corrected chi connectivity index (χ4v) is 2.59. The number of aromatic nitrogens is 2. The summed E-state index contributed by atoms with van der Waals surface area (Å²) in [5, 5.41) is 3.36. The number of methoxy groups -OCH3 is 1. The van der Waals surface area contributed by atoms with Gasteiger partial charge in [0.1, 0.15) is 5.75 Å². The topological polar surface area (TPSA) is 56.3 Å². The minimum atomic E-state index is 0.582. The highest BCUT2D eigenvalue weighted by Crippen LogP contribution is 2.23. The highest BCUT2D eigenvalue weighted by atomic mass is 16.5. The first-order chi connectivity index (χ1) is 10.8. The minimum absolute atomic E-state index is 0.582. The van der Waals surface area contributed by atoms with Gasteiger partial charge in [-0.15, -0.1) is 0 Å². The number of hydrogen-bond donors (Lipinski definition) is 1. The second-order valence-electron chi connectivity index (χ2n) is 5.48. The van der Waals surface area contributed by atoms with Gasteiger partial charge in [0.25, 0.3) is 0 Å². The van der Waals surface area contributed by atoms with E-state index in [0.29, 0.717) is 18.4 Å². The first-order valence-corrected chi connectivity index (χ1v) is 7.65. The lowest BCUT2D eigenvalue weighted by Gasteiger charge is -2.22. The van der Waals surface area contributed by atoms with Crippen LogP contribution in [0, 0.1) is 5.92 Å². The van der Waals surface area contributed by atoms with E-state index in [2.05, 4.69) is 15.3 Å². The third-order valence-corrected chi connectivity index (χ3v) is 3.90. The third-order valence-electron chi connectivity index (χ3n) is 3.90. The maximum atomic E-state index is 5.83. The summed E-state index contributed by atoms with van der Waals surface area (Å²) in [4.78, 5) is 8.79. The molecule has 1 saturated heterocycles. The number of hydrogen-bond acceptors (Lipinski definition) is 5. The molecule has 0 bridgehead atoms. The molecule has 1 aliphatic rings. The van der Waals surface area contributed by atoms with Crippen LogP contribution in [0.25, 0.3) is 11.3 Å². The van der Waals surface area contributed by atoms with E-state index in [1.807, 2.05) is 24.3 Å². The normalized spacial score (nSPS) is 15.5. The van der Waals surface area contributed by atoms with E-state index in [0.717, 1.165) is 42.9 Å². The second kappa shape index (κ2) is 7.22. The van der Waals surface area contributed by atoms with Crippen LogP contribution in [-0.4, -0.2) is 36.8 Å². The minimum Gasteiger partial charge on any atom is -0.497 e. The van der Waals surface area contributed by atoms with E-state index >= 15 is 0 Å². The number of benzene rings is 1. The summed E-state index contributed by atoms with van der Waals surface area (Å²) in [6, 6.07) is 7.79. The lowest BCUT2D eigenvalue weighted by atomic mass is 9.99. The lowest BCUT2D eigenvalue weighted by molar-refractivity contribution is 0.208. The maximum Gasteiger partial charge on any atom is 0.232 e. The molecule has 0 atom stereocenters. The van der Waals surface area contributed by atoms with Crippen molar-refractivity contribution in [1.29, 1.82) is 0 Å². The fraction of sp³-hybridized carbons (Fsp3) is 0.412. The zero-order chi connectivity index (χ0) is 15.2.